The molecule has 0 saturated heterocycles. The summed E-state index contributed by atoms with van der Waals surface area (Å²) in [6.07, 6.45) is 5.24. The van der Waals surface area contributed by atoms with Crippen LogP contribution < -0.4 is 5.32 Å². The lowest BCUT2D eigenvalue weighted by Gasteiger charge is -1.95. The second kappa shape index (κ2) is 5.49. The molecule has 70 valence electrons. The molecule has 0 fully saturated rings. The standard InChI is InChI=1S/C11H16N2/c1-10-6-5-8-11(13-10)7-3-4-9-12-2/h3,5-8,12H,4,9H2,1-2H3. The van der Waals surface area contributed by atoms with Crippen LogP contribution in [0, 0.1) is 6.92 Å². The van der Waals surface area contributed by atoms with Crippen LogP contribution >= 0.6 is 0 Å². The van der Waals surface area contributed by atoms with Crippen molar-refractivity contribution in [2.45, 2.75) is 13.3 Å². The fraction of sp³-hybridized carbons (Fsp3) is 0.364. The SMILES string of the molecule is CNCCC=Cc1cccc(C)n1. The van der Waals surface area contributed by atoms with E-state index in [9.17, 15) is 0 Å². The number of aryl methyl sites for hydroxylation is 1. The first kappa shape index (κ1) is 9.93. The van der Waals surface area contributed by atoms with E-state index in [-0.39, 0.29) is 0 Å². The predicted molar refractivity (Wildman–Crippen MR) is 56.6 cm³/mol. The van der Waals surface area contributed by atoms with Gasteiger partial charge in [0, 0.05) is 5.69 Å². The molecule has 0 amide bonds. The molecule has 0 saturated carbocycles. The van der Waals surface area contributed by atoms with Crippen molar-refractivity contribution in [1.82, 2.24) is 10.3 Å². The van der Waals surface area contributed by atoms with Crippen molar-refractivity contribution < 1.29 is 0 Å². The summed E-state index contributed by atoms with van der Waals surface area (Å²) >= 11 is 0. The van der Waals surface area contributed by atoms with Crippen LogP contribution in [0.15, 0.2) is 24.3 Å². The van der Waals surface area contributed by atoms with E-state index in [4.69, 9.17) is 0 Å². The number of nitrogens with zero attached hydrogens (tertiary/aromatic N) is 1. The van der Waals surface area contributed by atoms with Gasteiger partial charge in [0.1, 0.15) is 0 Å². The highest BCUT2D eigenvalue weighted by Gasteiger charge is 1.87. The Morgan fingerprint density at radius 3 is 3.00 bits per heavy atom. The van der Waals surface area contributed by atoms with E-state index in [1.807, 2.05) is 32.2 Å². The summed E-state index contributed by atoms with van der Waals surface area (Å²) in [4.78, 5) is 4.36. The van der Waals surface area contributed by atoms with E-state index in [1.165, 1.54) is 0 Å². The fourth-order valence-corrected chi connectivity index (χ4v) is 1.09. The summed E-state index contributed by atoms with van der Waals surface area (Å²) in [6.45, 7) is 3.02. The number of nitrogens with one attached hydrogen (secondary N) is 1. The highest BCUT2D eigenvalue weighted by molar-refractivity contribution is 5.44. The molecule has 13 heavy (non-hydrogen) atoms. The molecule has 0 atom stereocenters. The Morgan fingerprint density at radius 1 is 1.46 bits per heavy atom. The zero-order valence-electron chi connectivity index (χ0n) is 8.25. The van der Waals surface area contributed by atoms with Crippen molar-refractivity contribution in [1.29, 1.82) is 0 Å². The van der Waals surface area contributed by atoms with Crippen LogP contribution in [-0.2, 0) is 0 Å². The van der Waals surface area contributed by atoms with E-state index < -0.39 is 0 Å². The maximum absolute atomic E-state index is 4.36. The van der Waals surface area contributed by atoms with Gasteiger partial charge in [-0.15, -0.1) is 0 Å². The van der Waals surface area contributed by atoms with Crippen LogP contribution in [0.4, 0.5) is 0 Å². The molecule has 1 aromatic rings. The molecule has 2 heteroatoms. The third-order valence-corrected chi connectivity index (χ3v) is 1.76. The fourth-order valence-electron chi connectivity index (χ4n) is 1.09. The van der Waals surface area contributed by atoms with E-state index >= 15 is 0 Å². The summed E-state index contributed by atoms with van der Waals surface area (Å²) in [5.74, 6) is 0. The summed E-state index contributed by atoms with van der Waals surface area (Å²) < 4.78 is 0. The Bertz CT molecular complexity index is 279. The smallest absolute Gasteiger partial charge is 0.0629 e. The highest BCUT2D eigenvalue weighted by Crippen LogP contribution is 2.00. The molecular weight excluding hydrogens is 160 g/mol. The van der Waals surface area contributed by atoms with E-state index in [0.29, 0.717) is 0 Å². The van der Waals surface area contributed by atoms with Gasteiger partial charge in [-0.2, -0.15) is 0 Å². The first-order valence-electron chi connectivity index (χ1n) is 4.58. The second-order valence-electron chi connectivity index (χ2n) is 3.00. The number of hydrogen-bond donors (Lipinski definition) is 1. The molecule has 0 spiro atoms. The quantitative estimate of drug-likeness (QED) is 0.710. The maximum Gasteiger partial charge on any atom is 0.0629 e. The molecule has 0 unspecified atom stereocenters. The second-order valence-corrected chi connectivity index (χ2v) is 3.00. The van der Waals surface area contributed by atoms with Gasteiger partial charge in [-0.1, -0.05) is 12.1 Å². The Kier molecular flexibility index (Phi) is 4.19. The van der Waals surface area contributed by atoms with Crippen LogP contribution in [0.2, 0.25) is 0 Å². The van der Waals surface area contributed by atoms with Crippen molar-refractivity contribution >= 4 is 6.08 Å². The van der Waals surface area contributed by atoms with Gasteiger partial charge in [-0.3, -0.25) is 4.98 Å². The monoisotopic (exact) mass is 176 g/mol. The summed E-state index contributed by atoms with van der Waals surface area (Å²) in [5.41, 5.74) is 2.10. The van der Waals surface area contributed by atoms with Gasteiger partial charge in [-0.05, 0) is 45.1 Å². The van der Waals surface area contributed by atoms with Crippen LogP contribution in [0.1, 0.15) is 17.8 Å². The highest BCUT2D eigenvalue weighted by atomic mass is 14.8. The lowest BCUT2D eigenvalue weighted by atomic mass is 10.2. The molecule has 1 aromatic heterocycles. The summed E-state index contributed by atoms with van der Waals surface area (Å²) in [5, 5.41) is 3.09. The molecule has 2 nitrogen and oxygen atoms in total. The molecule has 0 radical (unpaired) electrons. The molecule has 1 rings (SSSR count). The van der Waals surface area contributed by atoms with Gasteiger partial charge in [0.25, 0.3) is 0 Å². The number of aromatic nitrogens is 1. The molecule has 1 N–H and O–H groups in total. The molecule has 0 aliphatic heterocycles. The third-order valence-electron chi connectivity index (χ3n) is 1.76. The number of hydrogen-bond acceptors (Lipinski definition) is 2. The average Bonchev–Trinajstić information content (AvgIpc) is 2.13. The van der Waals surface area contributed by atoms with E-state index in [1.54, 1.807) is 0 Å². The Balaban J connectivity index is 2.48. The van der Waals surface area contributed by atoms with Crippen molar-refractivity contribution in [2.24, 2.45) is 0 Å². The first-order valence-corrected chi connectivity index (χ1v) is 4.58. The van der Waals surface area contributed by atoms with Gasteiger partial charge in [0.2, 0.25) is 0 Å². The van der Waals surface area contributed by atoms with Crippen molar-refractivity contribution in [2.75, 3.05) is 13.6 Å². The van der Waals surface area contributed by atoms with E-state index in [0.717, 1.165) is 24.4 Å². The lowest BCUT2D eigenvalue weighted by Crippen LogP contribution is -2.05. The minimum atomic E-state index is 1.02. The van der Waals surface area contributed by atoms with Crippen LogP contribution in [0.5, 0.6) is 0 Å². The third kappa shape index (κ3) is 3.85. The van der Waals surface area contributed by atoms with Gasteiger partial charge >= 0.3 is 0 Å². The Morgan fingerprint density at radius 2 is 2.31 bits per heavy atom. The molecule has 0 bridgehead atoms. The predicted octanol–water partition coefficient (Wildman–Crippen LogP) is 2.01. The minimum absolute atomic E-state index is 1.02. The van der Waals surface area contributed by atoms with Crippen molar-refractivity contribution in [3.63, 3.8) is 0 Å². The average molecular weight is 176 g/mol. The van der Waals surface area contributed by atoms with Gasteiger partial charge < -0.3 is 5.32 Å². The van der Waals surface area contributed by atoms with Crippen LogP contribution in [0.3, 0.4) is 0 Å². The van der Waals surface area contributed by atoms with Crippen LogP contribution in [0.25, 0.3) is 6.08 Å². The first-order chi connectivity index (χ1) is 6.33. The normalized spacial score (nSPS) is 10.9. The maximum atomic E-state index is 4.36. The Labute approximate surface area is 79.7 Å². The minimum Gasteiger partial charge on any atom is -0.319 e. The number of rotatable bonds is 4. The zero-order chi connectivity index (χ0) is 9.52. The van der Waals surface area contributed by atoms with Crippen LogP contribution in [-0.4, -0.2) is 18.6 Å². The van der Waals surface area contributed by atoms with Gasteiger partial charge in [0.15, 0.2) is 0 Å². The topological polar surface area (TPSA) is 24.9 Å². The summed E-state index contributed by atoms with van der Waals surface area (Å²) in [6, 6.07) is 6.05. The summed E-state index contributed by atoms with van der Waals surface area (Å²) in [7, 11) is 1.96. The van der Waals surface area contributed by atoms with Crippen molar-refractivity contribution in [3.8, 4) is 0 Å². The van der Waals surface area contributed by atoms with Gasteiger partial charge in [0.05, 0.1) is 5.69 Å². The largest absolute Gasteiger partial charge is 0.319 e. The lowest BCUT2D eigenvalue weighted by molar-refractivity contribution is 0.809. The van der Waals surface area contributed by atoms with E-state index in [2.05, 4.69) is 22.5 Å². The van der Waals surface area contributed by atoms with Crippen molar-refractivity contribution in [3.05, 3.63) is 35.7 Å². The molecule has 0 aliphatic rings. The molecular formula is C11H16N2. The molecule has 0 aromatic carbocycles. The Hall–Kier alpha value is -1.15. The zero-order valence-corrected chi connectivity index (χ0v) is 8.25. The van der Waals surface area contributed by atoms with Gasteiger partial charge in [-0.25, -0.2) is 0 Å². The molecule has 0 aliphatic carbocycles. The molecule has 1 heterocycles. The number of pyridine rings is 1.